The van der Waals surface area contributed by atoms with Gasteiger partial charge in [-0.05, 0) is 48.2 Å². The Morgan fingerprint density at radius 3 is 2.32 bits per heavy atom. The number of benzene rings is 2. The minimum atomic E-state index is 0.268. The highest BCUT2D eigenvalue weighted by molar-refractivity contribution is 9.08. The van der Waals surface area contributed by atoms with Gasteiger partial charge in [0.05, 0.1) is 0 Å². The largest absolute Gasteiger partial charge is 0.508 e. The summed E-state index contributed by atoms with van der Waals surface area (Å²) in [6.45, 7) is 4.57. The van der Waals surface area contributed by atoms with Crippen LogP contribution >= 0.6 is 15.9 Å². The molecule has 0 bridgehead atoms. The normalized spacial score (nSPS) is 10.5. The van der Waals surface area contributed by atoms with Crippen LogP contribution in [0, 0.1) is 13.8 Å². The summed E-state index contributed by atoms with van der Waals surface area (Å²) in [7, 11) is 0. The van der Waals surface area contributed by atoms with E-state index in [9.17, 15) is 5.11 Å². The van der Waals surface area contributed by atoms with E-state index in [1.807, 2.05) is 12.1 Å². The standard InChI is InChI=1S/C16H17BrO2/c1-11-6-14(9-17)7-12(2)16(11)19-10-13-4-3-5-15(18)8-13/h3-8,18H,9-10H2,1-2H3. The van der Waals surface area contributed by atoms with Gasteiger partial charge in [-0.25, -0.2) is 0 Å². The van der Waals surface area contributed by atoms with E-state index in [1.165, 1.54) is 5.56 Å². The molecule has 3 heteroatoms. The molecule has 2 aromatic rings. The molecular formula is C16H17BrO2. The summed E-state index contributed by atoms with van der Waals surface area (Å²) in [5.41, 5.74) is 4.48. The summed E-state index contributed by atoms with van der Waals surface area (Å²) < 4.78 is 5.88. The third-order valence-corrected chi connectivity index (χ3v) is 3.62. The number of phenolic OH excluding ortho intramolecular Hbond substituents is 1. The lowest BCUT2D eigenvalue weighted by Gasteiger charge is -2.13. The van der Waals surface area contributed by atoms with Crippen LogP contribution in [-0.4, -0.2) is 5.11 Å². The van der Waals surface area contributed by atoms with Crippen molar-refractivity contribution in [2.75, 3.05) is 0 Å². The fourth-order valence-electron chi connectivity index (χ4n) is 2.15. The second-order valence-electron chi connectivity index (χ2n) is 4.65. The van der Waals surface area contributed by atoms with E-state index < -0.39 is 0 Å². The number of halogens is 1. The molecule has 19 heavy (non-hydrogen) atoms. The van der Waals surface area contributed by atoms with Gasteiger partial charge in [0.1, 0.15) is 18.1 Å². The maximum Gasteiger partial charge on any atom is 0.125 e. The fourth-order valence-corrected chi connectivity index (χ4v) is 2.47. The summed E-state index contributed by atoms with van der Waals surface area (Å²) in [5.74, 6) is 1.19. The zero-order valence-corrected chi connectivity index (χ0v) is 12.7. The van der Waals surface area contributed by atoms with Gasteiger partial charge in [-0.3, -0.25) is 0 Å². The molecule has 0 radical (unpaired) electrons. The first kappa shape index (κ1) is 13.9. The molecule has 2 rings (SSSR count). The van der Waals surface area contributed by atoms with Gasteiger partial charge in [0.2, 0.25) is 0 Å². The third kappa shape index (κ3) is 3.51. The van der Waals surface area contributed by atoms with E-state index in [-0.39, 0.29) is 5.75 Å². The SMILES string of the molecule is Cc1cc(CBr)cc(C)c1OCc1cccc(O)c1. The Kier molecular flexibility index (Phi) is 4.48. The summed E-state index contributed by atoms with van der Waals surface area (Å²) in [6, 6.07) is 11.4. The Labute approximate surface area is 122 Å². The Morgan fingerprint density at radius 2 is 1.74 bits per heavy atom. The molecule has 2 nitrogen and oxygen atoms in total. The molecule has 100 valence electrons. The summed E-state index contributed by atoms with van der Waals surface area (Å²) in [6.07, 6.45) is 0. The quantitative estimate of drug-likeness (QED) is 0.841. The molecule has 0 aliphatic carbocycles. The Morgan fingerprint density at radius 1 is 1.05 bits per heavy atom. The van der Waals surface area contributed by atoms with Gasteiger partial charge < -0.3 is 9.84 Å². The topological polar surface area (TPSA) is 29.5 Å². The molecular weight excluding hydrogens is 304 g/mol. The van der Waals surface area contributed by atoms with Crippen molar-refractivity contribution in [2.45, 2.75) is 25.8 Å². The number of rotatable bonds is 4. The van der Waals surface area contributed by atoms with Crippen LogP contribution in [0.3, 0.4) is 0 Å². The molecule has 0 aliphatic heterocycles. The van der Waals surface area contributed by atoms with Gasteiger partial charge in [0.25, 0.3) is 0 Å². The maximum absolute atomic E-state index is 9.43. The van der Waals surface area contributed by atoms with Crippen LogP contribution in [0.15, 0.2) is 36.4 Å². The fraction of sp³-hybridized carbons (Fsp3) is 0.250. The number of aromatic hydroxyl groups is 1. The van der Waals surface area contributed by atoms with Crippen molar-refractivity contribution in [1.82, 2.24) is 0 Å². The molecule has 0 saturated carbocycles. The number of alkyl halides is 1. The van der Waals surface area contributed by atoms with E-state index in [0.29, 0.717) is 6.61 Å². The van der Waals surface area contributed by atoms with Gasteiger partial charge in [-0.15, -0.1) is 0 Å². The summed E-state index contributed by atoms with van der Waals surface area (Å²) in [5, 5.41) is 10.3. The zero-order valence-electron chi connectivity index (χ0n) is 11.1. The van der Waals surface area contributed by atoms with E-state index in [0.717, 1.165) is 27.8 Å². The van der Waals surface area contributed by atoms with Crippen LogP contribution < -0.4 is 4.74 Å². The number of hydrogen-bond acceptors (Lipinski definition) is 2. The lowest BCUT2D eigenvalue weighted by molar-refractivity contribution is 0.301. The summed E-state index contributed by atoms with van der Waals surface area (Å²) in [4.78, 5) is 0. The monoisotopic (exact) mass is 320 g/mol. The second-order valence-corrected chi connectivity index (χ2v) is 5.21. The second kappa shape index (κ2) is 6.11. The first-order valence-corrected chi connectivity index (χ1v) is 7.29. The molecule has 1 N–H and O–H groups in total. The number of phenols is 1. The van der Waals surface area contributed by atoms with Gasteiger partial charge in [0, 0.05) is 5.33 Å². The van der Waals surface area contributed by atoms with Crippen LogP contribution in [0.5, 0.6) is 11.5 Å². The molecule has 0 amide bonds. The van der Waals surface area contributed by atoms with Crippen LogP contribution in [0.2, 0.25) is 0 Å². The Hall–Kier alpha value is -1.48. The summed E-state index contributed by atoms with van der Waals surface area (Å²) >= 11 is 3.47. The smallest absolute Gasteiger partial charge is 0.125 e. The van der Waals surface area contributed by atoms with Crippen molar-refractivity contribution in [3.63, 3.8) is 0 Å². The van der Waals surface area contributed by atoms with Gasteiger partial charge in [-0.2, -0.15) is 0 Å². The zero-order chi connectivity index (χ0) is 13.8. The maximum atomic E-state index is 9.43. The van der Waals surface area contributed by atoms with E-state index >= 15 is 0 Å². The first-order chi connectivity index (χ1) is 9.10. The molecule has 0 unspecified atom stereocenters. The molecule has 0 saturated heterocycles. The van der Waals surface area contributed by atoms with Crippen molar-refractivity contribution in [3.05, 3.63) is 58.7 Å². The minimum absolute atomic E-state index is 0.268. The lowest BCUT2D eigenvalue weighted by atomic mass is 10.1. The number of ether oxygens (including phenoxy) is 1. The number of aryl methyl sites for hydroxylation is 2. The molecule has 0 spiro atoms. The van der Waals surface area contributed by atoms with E-state index in [2.05, 4.69) is 41.9 Å². The first-order valence-electron chi connectivity index (χ1n) is 6.17. The van der Waals surface area contributed by atoms with Gasteiger partial charge in [0.15, 0.2) is 0 Å². The van der Waals surface area contributed by atoms with Gasteiger partial charge >= 0.3 is 0 Å². The molecule has 0 fully saturated rings. The van der Waals surface area contributed by atoms with E-state index in [4.69, 9.17) is 4.74 Å². The van der Waals surface area contributed by atoms with Crippen molar-refractivity contribution in [3.8, 4) is 11.5 Å². The van der Waals surface area contributed by atoms with Crippen LogP contribution in [-0.2, 0) is 11.9 Å². The van der Waals surface area contributed by atoms with Gasteiger partial charge in [-0.1, -0.05) is 40.2 Å². The predicted octanol–water partition coefficient (Wildman–Crippen LogP) is 4.48. The average Bonchev–Trinajstić information content (AvgIpc) is 2.37. The van der Waals surface area contributed by atoms with Crippen LogP contribution in [0.25, 0.3) is 0 Å². The molecule has 0 aromatic heterocycles. The Bertz CT molecular complexity index is 556. The average molecular weight is 321 g/mol. The van der Waals surface area contributed by atoms with Crippen molar-refractivity contribution in [1.29, 1.82) is 0 Å². The van der Waals surface area contributed by atoms with Crippen LogP contribution in [0.4, 0.5) is 0 Å². The lowest BCUT2D eigenvalue weighted by Crippen LogP contribution is -1.99. The van der Waals surface area contributed by atoms with Crippen molar-refractivity contribution < 1.29 is 9.84 Å². The third-order valence-electron chi connectivity index (χ3n) is 2.97. The number of hydrogen-bond donors (Lipinski definition) is 1. The Balaban J connectivity index is 2.16. The highest BCUT2D eigenvalue weighted by Gasteiger charge is 2.06. The van der Waals surface area contributed by atoms with Crippen molar-refractivity contribution in [2.24, 2.45) is 0 Å². The highest BCUT2D eigenvalue weighted by atomic mass is 79.9. The molecule has 0 heterocycles. The highest BCUT2D eigenvalue weighted by Crippen LogP contribution is 2.27. The molecule has 0 aliphatic rings. The molecule has 0 atom stereocenters. The van der Waals surface area contributed by atoms with E-state index in [1.54, 1.807) is 12.1 Å². The van der Waals surface area contributed by atoms with Crippen LogP contribution in [0.1, 0.15) is 22.3 Å². The predicted molar refractivity (Wildman–Crippen MR) is 81.0 cm³/mol. The minimum Gasteiger partial charge on any atom is -0.508 e. The van der Waals surface area contributed by atoms with Crippen molar-refractivity contribution >= 4 is 15.9 Å². The molecule has 2 aromatic carbocycles.